The van der Waals surface area contributed by atoms with E-state index < -0.39 is 0 Å². The SMILES string of the molecule is COc1ccc(Br)c(OC)c1C([O-])=PCC(C)C. The maximum atomic E-state index is 12.3. The third-order valence-corrected chi connectivity index (χ3v) is 4.36. The van der Waals surface area contributed by atoms with Crippen molar-refractivity contribution in [3.05, 3.63) is 22.2 Å². The van der Waals surface area contributed by atoms with Crippen molar-refractivity contribution in [2.24, 2.45) is 5.92 Å². The van der Waals surface area contributed by atoms with Gasteiger partial charge in [0.15, 0.2) is 0 Å². The molecular formula is C13H17BrO3P-. The lowest BCUT2D eigenvalue weighted by molar-refractivity contribution is -0.207. The van der Waals surface area contributed by atoms with E-state index in [9.17, 15) is 5.11 Å². The largest absolute Gasteiger partial charge is 0.823 e. The molecule has 0 amide bonds. The zero-order chi connectivity index (χ0) is 13.7. The van der Waals surface area contributed by atoms with E-state index >= 15 is 0 Å². The van der Waals surface area contributed by atoms with Crippen LogP contribution in [0.2, 0.25) is 0 Å². The average Bonchev–Trinajstić information content (AvgIpc) is 2.35. The topological polar surface area (TPSA) is 41.5 Å². The molecule has 0 heterocycles. The Bertz CT molecular complexity index is 444. The Labute approximate surface area is 118 Å². The van der Waals surface area contributed by atoms with Crippen LogP contribution in [-0.4, -0.2) is 25.9 Å². The van der Waals surface area contributed by atoms with Crippen LogP contribution < -0.4 is 14.6 Å². The third kappa shape index (κ3) is 3.71. The Morgan fingerprint density at radius 1 is 1.33 bits per heavy atom. The summed E-state index contributed by atoms with van der Waals surface area (Å²) in [5.74, 6) is 1.58. The molecule has 18 heavy (non-hydrogen) atoms. The van der Waals surface area contributed by atoms with Crippen molar-refractivity contribution >= 4 is 29.6 Å². The first-order valence-electron chi connectivity index (χ1n) is 5.63. The number of hydrogen-bond donors (Lipinski definition) is 0. The smallest absolute Gasteiger partial charge is 0.143 e. The van der Waals surface area contributed by atoms with Gasteiger partial charge in [0.05, 0.1) is 24.3 Å². The second-order valence-corrected chi connectivity index (χ2v) is 6.14. The molecule has 0 saturated carbocycles. The number of halogens is 1. The van der Waals surface area contributed by atoms with Gasteiger partial charge in [0.1, 0.15) is 11.5 Å². The molecule has 3 nitrogen and oxygen atoms in total. The molecule has 1 rings (SSSR count). The molecule has 0 saturated heterocycles. The molecule has 0 aromatic heterocycles. The summed E-state index contributed by atoms with van der Waals surface area (Å²) < 4.78 is 11.3. The minimum atomic E-state index is 0.0266. The van der Waals surface area contributed by atoms with Crippen LogP contribution in [0.1, 0.15) is 19.4 Å². The Morgan fingerprint density at radius 3 is 2.50 bits per heavy atom. The normalized spacial score (nSPS) is 11.8. The maximum absolute atomic E-state index is 12.3. The highest BCUT2D eigenvalue weighted by Crippen LogP contribution is 2.36. The van der Waals surface area contributed by atoms with Crippen LogP contribution in [-0.2, 0) is 0 Å². The van der Waals surface area contributed by atoms with Crippen molar-refractivity contribution < 1.29 is 14.6 Å². The lowest BCUT2D eigenvalue weighted by atomic mass is 10.2. The highest BCUT2D eigenvalue weighted by Gasteiger charge is 2.12. The van der Waals surface area contributed by atoms with Gasteiger partial charge in [-0.15, -0.1) is 13.7 Å². The van der Waals surface area contributed by atoms with Gasteiger partial charge in [-0.25, -0.2) is 0 Å². The molecule has 1 aromatic rings. The van der Waals surface area contributed by atoms with Gasteiger partial charge in [0.2, 0.25) is 0 Å². The lowest BCUT2D eigenvalue weighted by Crippen LogP contribution is -2.19. The van der Waals surface area contributed by atoms with E-state index in [-0.39, 0.29) is 5.48 Å². The molecule has 0 atom stereocenters. The minimum Gasteiger partial charge on any atom is -0.823 e. The first-order chi connectivity index (χ1) is 8.51. The Kier molecular flexibility index (Phi) is 6.13. The van der Waals surface area contributed by atoms with Crippen molar-refractivity contribution in [3.63, 3.8) is 0 Å². The van der Waals surface area contributed by atoms with Crippen LogP contribution in [0.4, 0.5) is 0 Å². The van der Waals surface area contributed by atoms with E-state index in [1.807, 2.05) is 6.07 Å². The molecule has 0 aliphatic heterocycles. The lowest BCUT2D eigenvalue weighted by Gasteiger charge is -2.20. The van der Waals surface area contributed by atoms with Crippen molar-refractivity contribution in [2.75, 3.05) is 20.4 Å². The summed E-state index contributed by atoms with van der Waals surface area (Å²) in [7, 11) is 3.87. The van der Waals surface area contributed by atoms with Crippen molar-refractivity contribution in [3.8, 4) is 11.5 Å². The molecule has 0 aliphatic rings. The van der Waals surface area contributed by atoms with Crippen LogP contribution in [0.3, 0.4) is 0 Å². The zero-order valence-corrected chi connectivity index (χ0v) is 13.5. The first-order valence-corrected chi connectivity index (χ1v) is 7.50. The fraction of sp³-hybridized carbons (Fsp3) is 0.462. The van der Waals surface area contributed by atoms with Gasteiger partial charge in [-0.3, -0.25) is 0 Å². The van der Waals surface area contributed by atoms with Crippen LogP contribution in [0.5, 0.6) is 11.5 Å². The molecular weight excluding hydrogens is 315 g/mol. The van der Waals surface area contributed by atoms with Gasteiger partial charge < -0.3 is 14.6 Å². The van der Waals surface area contributed by atoms with Gasteiger partial charge in [-0.05, 0) is 40.1 Å². The van der Waals surface area contributed by atoms with Gasteiger partial charge in [-0.2, -0.15) is 0 Å². The summed E-state index contributed by atoms with van der Waals surface area (Å²) in [4.78, 5) is 0. The van der Waals surface area contributed by atoms with E-state index in [1.54, 1.807) is 20.3 Å². The molecule has 0 aliphatic carbocycles. The molecule has 0 fully saturated rings. The van der Waals surface area contributed by atoms with E-state index in [1.165, 1.54) is 0 Å². The second-order valence-electron chi connectivity index (χ2n) is 4.20. The van der Waals surface area contributed by atoms with Gasteiger partial charge in [0.25, 0.3) is 0 Å². The number of rotatable bonds is 5. The quantitative estimate of drug-likeness (QED) is 0.779. The summed E-state index contributed by atoms with van der Waals surface area (Å²) in [6.45, 7) is 4.19. The fourth-order valence-corrected chi connectivity index (χ4v) is 2.85. The third-order valence-electron chi connectivity index (χ3n) is 2.31. The average molecular weight is 332 g/mol. The molecule has 5 heteroatoms. The van der Waals surface area contributed by atoms with E-state index in [0.29, 0.717) is 23.0 Å². The molecule has 0 spiro atoms. The van der Waals surface area contributed by atoms with Crippen LogP contribution in [0, 0.1) is 5.92 Å². The summed E-state index contributed by atoms with van der Waals surface area (Å²) in [5.41, 5.74) is 0.537. The second kappa shape index (κ2) is 7.13. The van der Waals surface area contributed by atoms with E-state index in [4.69, 9.17) is 9.47 Å². The van der Waals surface area contributed by atoms with Crippen LogP contribution >= 0.6 is 24.1 Å². The molecule has 1 aromatic carbocycles. The summed E-state index contributed by atoms with van der Waals surface area (Å²) in [5, 5.41) is 12.3. The summed E-state index contributed by atoms with van der Waals surface area (Å²) >= 11 is 3.38. The number of methoxy groups -OCH3 is 2. The van der Waals surface area contributed by atoms with Crippen molar-refractivity contribution in [2.45, 2.75) is 13.8 Å². The van der Waals surface area contributed by atoms with E-state index in [0.717, 1.165) is 18.8 Å². The van der Waals surface area contributed by atoms with Gasteiger partial charge in [0, 0.05) is 0 Å². The molecule has 0 radical (unpaired) electrons. The van der Waals surface area contributed by atoms with Crippen molar-refractivity contribution in [1.82, 2.24) is 0 Å². The fourth-order valence-electron chi connectivity index (χ4n) is 1.46. The zero-order valence-electron chi connectivity index (χ0n) is 11.0. The number of hydrogen-bond acceptors (Lipinski definition) is 3. The highest BCUT2D eigenvalue weighted by atomic mass is 79.9. The monoisotopic (exact) mass is 331 g/mol. The number of benzene rings is 1. The summed E-state index contributed by atoms with van der Waals surface area (Å²) in [6.07, 6.45) is 0.831. The van der Waals surface area contributed by atoms with Crippen LogP contribution in [0.15, 0.2) is 16.6 Å². The Balaban J connectivity index is 3.27. The summed E-state index contributed by atoms with van der Waals surface area (Å²) in [6, 6.07) is 3.58. The maximum Gasteiger partial charge on any atom is 0.143 e. The molecule has 0 N–H and O–H groups in total. The minimum absolute atomic E-state index is 0.0266. The van der Waals surface area contributed by atoms with Gasteiger partial charge >= 0.3 is 0 Å². The highest BCUT2D eigenvalue weighted by molar-refractivity contribution is 9.10. The van der Waals surface area contributed by atoms with Crippen molar-refractivity contribution in [1.29, 1.82) is 0 Å². The molecule has 100 valence electrons. The van der Waals surface area contributed by atoms with Crippen LogP contribution in [0.25, 0.3) is 0 Å². The standard InChI is InChI=1S/C13H18BrO3P/c1-8(2)7-18-13(15)11-10(16-3)6-5-9(14)12(11)17-4/h5-6,8,15H,7H2,1-4H3/p-1. The molecule has 0 bridgehead atoms. The van der Waals surface area contributed by atoms with E-state index in [2.05, 4.69) is 29.8 Å². The first kappa shape index (κ1) is 15.5. The predicted octanol–water partition coefficient (Wildman–Crippen LogP) is 2.91. The molecule has 0 unspecified atom stereocenters. The Morgan fingerprint density at radius 2 is 2.00 bits per heavy atom. The Hall–Kier alpha value is -0.570. The number of ether oxygens (including phenoxy) is 2. The van der Waals surface area contributed by atoms with Gasteiger partial charge in [-0.1, -0.05) is 13.8 Å². The predicted molar refractivity (Wildman–Crippen MR) is 78.0 cm³/mol.